The van der Waals surface area contributed by atoms with E-state index in [1.165, 1.54) is 0 Å². The van der Waals surface area contributed by atoms with Gasteiger partial charge in [0.1, 0.15) is 0 Å². The minimum Gasteiger partial charge on any atom is -0.478 e. The lowest BCUT2D eigenvalue weighted by Gasteiger charge is -2.08. The number of hydrogen-bond acceptors (Lipinski definition) is 4. The smallest absolute Gasteiger partial charge is 0.328 e. The molecule has 4 N–H and O–H groups in total. The Bertz CT molecular complexity index is 191. The molecular weight excluding hydrogens is 174 g/mol. The zero-order valence-electron chi connectivity index (χ0n) is 7.53. The fourth-order valence-corrected chi connectivity index (χ4v) is 0.762. The van der Waals surface area contributed by atoms with Gasteiger partial charge in [0.05, 0.1) is 12.7 Å². The number of hydrogen-bond donors (Lipinski definition) is 4. The molecule has 0 aliphatic rings. The third-order valence-electron chi connectivity index (χ3n) is 1.36. The van der Waals surface area contributed by atoms with Crippen LogP contribution in [0.1, 0.15) is 6.92 Å². The molecule has 13 heavy (non-hydrogen) atoms. The molecule has 0 aromatic heterocycles. The van der Waals surface area contributed by atoms with E-state index in [0.29, 0.717) is 12.1 Å². The molecule has 0 aromatic carbocycles. The van der Waals surface area contributed by atoms with E-state index in [1.54, 1.807) is 6.92 Å². The van der Waals surface area contributed by atoms with Gasteiger partial charge in [-0.1, -0.05) is 5.57 Å². The maximum absolute atomic E-state index is 10.2. The second-order valence-corrected chi connectivity index (χ2v) is 2.80. The number of carboxylic acids is 1. The topological polar surface area (TPSA) is 89.8 Å². The highest BCUT2D eigenvalue weighted by molar-refractivity contribution is 5.80. The van der Waals surface area contributed by atoms with Crippen LogP contribution in [-0.4, -0.2) is 47.1 Å². The normalized spacial score (nSPS) is 14.2. The molecule has 0 aromatic rings. The lowest BCUT2D eigenvalue weighted by molar-refractivity contribution is -0.131. The summed E-state index contributed by atoms with van der Waals surface area (Å²) < 4.78 is 0. The molecular formula is C8H15NO4. The zero-order valence-corrected chi connectivity index (χ0v) is 7.53. The summed E-state index contributed by atoms with van der Waals surface area (Å²) in [6, 6.07) is 0. The van der Waals surface area contributed by atoms with Gasteiger partial charge in [-0.25, -0.2) is 4.79 Å². The van der Waals surface area contributed by atoms with Gasteiger partial charge in [0.25, 0.3) is 0 Å². The average molecular weight is 189 g/mol. The fourth-order valence-electron chi connectivity index (χ4n) is 0.762. The largest absolute Gasteiger partial charge is 0.478 e. The Labute approximate surface area is 76.7 Å². The second-order valence-electron chi connectivity index (χ2n) is 2.80. The summed E-state index contributed by atoms with van der Waals surface area (Å²) in [5.41, 5.74) is 0.664. The maximum atomic E-state index is 10.2. The summed E-state index contributed by atoms with van der Waals surface area (Å²) >= 11 is 0. The van der Waals surface area contributed by atoms with E-state index in [4.69, 9.17) is 15.3 Å². The van der Waals surface area contributed by atoms with E-state index >= 15 is 0 Å². The van der Waals surface area contributed by atoms with Crippen LogP contribution in [0.15, 0.2) is 11.6 Å². The monoisotopic (exact) mass is 189 g/mol. The van der Waals surface area contributed by atoms with Crippen molar-refractivity contribution in [1.82, 2.24) is 5.32 Å². The van der Waals surface area contributed by atoms with Crippen molar-refractivity contribution in [2.24, 2.45) is 0 Å². The predicted molar refractivity (Wildman–Crippen MR) is 47.4 cm³/mol. The molecule has 0 radical (unpaired) electrons. The molecule has 76 valence electrons. The minimum absolute atomic E-state index is 0.251. The van der Waals surface area contributed by atoms with Crippen LogP contribution in [0.3, 0.4) is 0 Å². The number of aliphatic hydroxyl groups excluding tert-OH is 2. The summed E-state index contributed by atoms with van der Waals surface area (Å²) in [6.45, 7) is 2.02. The first-order valence-corrected chi connectivity index (χ1v) is 3.96. The van der Waals surface area contributed by atoms with Crippen molar-refractivity contribution < 1.29 is 20.1 Å². The van der Waals surface area contributed by atoms with Gasteiger partial charge in [-0.15, -0.1) is 0 Å². The molecule has 0 bridgehead atoms. The third-order valence-corrected chi connectivity index (χ3v) is 1.36. The Morgan fingerprint density at radius 2 is 2.23 bits per heavy atom. The summed E-state index contributed by atoms with van der Waals surface area (Å²) in [6.07, 6.45) is 0.302. The third kappa shape index (κ3) is 7.45. The van der Waals surface area contributed by atoms with Crippen molar-refractivity contribution in [1.29, 1.82) is 0 Å². The van der Waals surface area contributed by atoms with E-state index < -0.39 is 12.1 Å². The highest BCUT2D eigenvalue weighted by Gasteiger charge is 2.00. The molecule has 0 aliphatic heterocycles. The predicted octanol–water partition coefficient (Wildman–Crippen LogP) is -1.04. The molecule has 5 heteroatoms. The van der Waals surface area contributed by atoms with E-state index in [2.05, 4.69) is 5.32 Å². The van der Waals surface area contributed by atoms with Crippen LogP contribution in [0, 0.1) is 0 Å². The zero-order chi connectivity index (χ0) is 10.3. The SMILES string of the molecule is CC(=CC(=O)O)CNCC(O)CO. The highest BCUT2D eigenvalue weighted by atomic mass is 16.4. The Morgan fingerprint density at radius 3 is 2.69 bits per heavy atom. The van der Waals surface area contributed by atoms with Crippen LogP contribution >= 0.6 is 0 Å². The van der Waals surface area contributed by atoms with Crippen LogP contribution in [0.2, 0.25) is 0 Å². The molecule has 1 unspecified atom stereocenters. The van der Waals surface area contributed by atoms with Crippen molar-refractivity contribution in [3.05, 3.63) is 11.6 Å². The lowest BCUT2D eigenvalue weighted by atomic mass is 10.2. The number of carboxylic acid groups (broad SMARTS) is 1. The van der Waals surface area contributed by atoms with Gasteiger partial charge >= 0.3 is 5.97 Å². The Balaban J connectivity index is 3.59. The number of rotatable bonds is 6. The van der Waals surface area contributed by atoms with E-state index in [1.807, 2.05) is 0 Å². The van der Waals surface area contributed by atoms with Crippen molar-refractivity contribution >= 4 is 5.97 Å². The number of carbonyl (C=O) groups is 1. The van der Waals surface area contributed by atoms with Crippen molar-refractivity contribution in [2.45, 2.75) is 13.0 Å². The number of nitrogens with one attached hydrogen (secondary N) is 1. The minimum atomic E-state index is -0.984. The van der Waals surface area contributed by atoms with Crippen molar-refractivity contribution in [2.75, 3.05) is 19.7 Å². The lowest BCUT2D eigenvalue weighted by Crippen LogP contribution is -2.30. The molecule has 0 aliphatic carbocycles. The standard InChI is InChI=1S/C8H15NO4/c1-6(2-8(12)13)3-9-4-7(11)5-10/h2,7,9-11H,3-5H2,1H3,(H,12,13). The first-order chi connectivity index (χ1) is 6.06. The van der Waals surface area contributed by atoms with Crippen molar-refractivity contribution in [3.8, 4) is 0 Å². The van der Waals surface area contributed by atoms with Crippen LogP contribution in [0.5, 0.6) is 0 Å². The van der Waals surface area contributed by atoms with Gasteiger partial charge in [0, 0.05) is 19.2 Å². The summed E-state index contributed by atoms with van der Waals surface area (Å²) in [4.78, 5) is 10.2. The van der Waals surface area contributed by atoms with Crippen LogP contribution in [0.4, 0.5) is 0 Å². The van der Waals surface area contributed by atoms with E-state index in [0.717, 1.165) is 6.08 Å². The van der Waals surface area contributed by atoms with Gasteiger partial charge in [0.15, 0.2) is 0 Å². The quantitative estimate of drug-likeness (QED) is 0.401. The van der Waals surface area contributed by atoms with Gasteiger partial charge in [0.2, 0.25) is 0 Å². The number of aliphatic hydroxyl groups is 2. The van der Waals surface area contributed by atoms with Gasteiger partial charge in [-0.2, -0.15) is 0 Å². The molecule has 0 saturated heterocycles. The van der Waals surface area contributed by atoms with E-state index in [-0.39, 0.29) is 13.2 Å². The first-order valence-electron chi connectivity index (χ1n) is 3.96. The van der Waals surface area contributed by atoms with E-state index in [9.17, 15) is 4.79 Å². The Morgan fingerprint density at radius 1 is 1.62 bits per heavy atom. The van der Waals surface area contributed by atoms with Gasteiger partial charge in [-0.3, -0.25) is 0 Å². The van der Waals surface area contributed by atoms with Crippen LogP contribution < -0.4 is 5.32 Å². The summed E-state index contributed by atoms with van der Waals surface area (Å²) in [5.74, 6) is -0.984. The first kappa shape index (κ1) is 12.1. The highest BCUT2D eigenvalue weighted by Crippen LogP contribution is 1.89. The second kappa shape index (κ2) is 6.59. The maximum Gasteiger partial charge on any atom is 0.328 e. The molecule has 0 rings (SSSR count). The van der Waals surface area contributed by atoms with Gasteiger partial charge < -0.3 is 20.6 Å². The summed E-state index contributed by atoms with van der Waals surface area (Å²) in [5, 5.41) is 28.5. The van der Waals surface area contributed by atoms with Crippen LogP contribution in [0.25, 0.3) is 0 Å². The molecule has 1 atom stereocenters. The molecule has 0 fully saturated rings. The fraction of sp³-hybridized carbons (Fsp3) is 0.625. The molecule has 0 saturated carbocycles. The molecule has 0 heterocycles. The average Bonchev–Trinajstić information content (AvgIpc) is 2.02. The summed E-state index contributed by atoms with van der Waals surface area (Å²) in [7, 11) is 0. The molecule has 0 spiro atoms. The number of aliphatic carboxylic acids is 1. The van der Waals surface area contributed by atoms with Crippen molar-refractivity contribution in [3.63, 3.8) is 0 Å². The Hall–Kier alpha value is -0.910. The Kier molecular flexibility index (Phi) is 6.13. The van der Waals surface area contributed by atoms with Gasteiger partial charge in [-0.05, 0) is 6.92 Å². The van der Waals surface area contributed by atoms with Crippen LogP contribution in [-0.2, 0) is 4.79 Å². The molecule has 0 amide bonds. The molecule has 5 nitrogen and oxygen atoms in total.